The van der Waals surface area contributed by atoms with Crippen LogP contribution in [0.5, 0.6) is 0 Å². The summed E-state index contributed by atoms with van der Waals surface area (Å²) < 4.78 is 4.48. The zero-order chi connectivity index (χ0) is 41.8. The van der Waals surface area contributed by atoms with Gasteiger partial charge in [-0.1, -0.05) is 149 Å². The van der Waals surface area contributed by atoms with E-state index in [0.29, 0.717) is 22.5 Å². The Morgan fingerprint density at radius 1 is 0.387 bits per heavy atom. The highest BCUT2D eigenvalue weighted by Gasteiger charge is 2.40. The Morgan fingerprint density at radius 2 is 0.758 bits per heavy atom. The van der Waals surface area contributed by atoms with Gasteiger partial charge in [-0.15, -0.1) is 0 Å². The van der Waals surface area contributed by atoms with E-state index in [1.54, 1.807) is 0 Å². The number of hydrogen-bond donors (Lipinski definition) is 0. The fourth-order valence-electron chi connectivity index (χ4n) is 11.9. The van der Waals surface area contributed by atoms with Crippen LogP contribution in [0, 0.1) is 22.7 Å². The second-order valence-corrected chi connectivity index (χ2v) is 18.2. The molecule has 11 aromatic rings. The molecule has 0 aliphatic heterocycles. The van der Waals surface area contributed by atoms with Crippen LogP contribution in [0.4, 0.5) is 0 Å². The Bertz CT molecular complexity index is 3690. The largest absolute Gasteiger partial charge is 0.308 e. The lowest BCUT2D eigenvalue weighted by Crippen LogP contribution is -2.15. The van der Waals surface area contributed by atoms with Crippen molar-refractivity contribution in [1.82, 2.24) is 9.13 Å². The topological polar surface area (TPSA) is 57.4 Å². The molecular formula is C58H38N4. The van der Waals surface area contributed by atoms with Gasteiger partial charge in [0, 0.05) is 32.4 Å². The van der Waals surface area contributed by atoms with Crippen molar-refractivity contribution in [2.24, 2.45) is 0 Å². The van der Waals surface area contributed by atoms with Crippen molar-refractivity contribution in [3.05, 3.63) is 191 Å². The van der Waals surface area contributed by atoms with Gasteiger partial charge in [0.25, 0.3) is 0 Å². The summed E-state index contributed by atoms with van der Waals surface area (Å²) in [5.74, 6) is 0. The van der Waals surface area contributed by atoms with Crippen molar-refractivity contribution in [1.29, 1.82) is 10.5 Å². The van der Waals surface area contributed by atoms with Crippen LogP contribution in [0.3, 0.4) is 0 Å². The van der Waals surface area contributed by atoms with Crippen molar-refractivity contribution in [2.75, 3.05) is 0 Å². The van der Waals surface area contributed by atoms with Crippen molar-refractivity contribution in [2.45, 2.75) is 38.5 Å². The molecule has 0 atom stereocenters. The van der Waals surface area contributed by atoms with E-state index in [2.05, 4.69) is 195 Å². The minimum atomic E-state index is -0.266. The van der Waals surface area contributed by atoms with Gasteiger partial charge in [0.05, 0.1) is 44.6 Å². The van der Waals surface area contributed by atoms with Crippen molar-refractivity contribution < 1.29 is 0 Å². The van der Waals surface area contributed by atoms with Gasteiger partial charge < -0.3 is 9.13 Å². The van der Waals surface area contributed by atoms with Crippen molar-refractivity contribution in [3.63, 3.8) is 0 Å². The average Bonchev–Trinajstić information content (AvgIpc) is 3.97. The molecule has 0 unspecified atom stereocenters. The smallest absolute Gasteiger partial charge is 0.101 e. The number of nitriles is 2. The Hall–Kier alpha value is -7.92. The van der Waals surface area contributed by atoms with Crippen LogP contribution >= 0.6 is 0 Å². The Morgan fingerprint density at radius 3 is 1.19 bits per heavy atom. The van der Waals surface area contributed by atoms with Crippen LogP contribution in [0.1, 0.15) is 61.1 Å². The number of rotatable bonds is 2. The molecule has 9 aromatic carbocycles. The van der Waals surface area contributed by atoms with Crippen LogP contribution in [0.25, 0.3) is 98.8 Å². The van der Waals surface area contributed by atoms with Gasteiger partial charge in [-0.05, 0) is 102 Å². The minimum absolute atomic E-state index is 0.266. The summed E-state index contributed by atoms with van der Waals surface area (Å²) in [5.41, 5.74) is 16.1. The number of hydrogen-bond acceptors (Lipinski definition) is 2. The molecule has 2 aliphatic rings. The second kappa shape index (κ2) is 11.9. The third-order valence-corrected chi connectivity index (χ3v) is 14.5. The Labute approximate surface area is 358 Å². The molecule has 62 heavy (non-hydrogen) atoms. The lowest BCUT2D eigenvalue weighted by molar-refractivity contribution is 0.666. The maximum absolute atomic E-state index is 11.3. The number of nitrogens with zero attached hydrogens (tertiary/aromatic N) is 4. The number of fused-ring (bicyclic) bond motifs is 18. The van der Waals surface area contributed by atoms with E-state index < -0.39 is 0 Å². The predicted octanol–water partition coefficient (Wildman–Crippen LogP) is 14.5. The van der Waals surface area contributed by atoms with E-state index in [0.717, 1.165) is 43.6 Å². The standard InChI is InChI=1S/C58H38N4/c1-57(2)43-19-11-9-17-39(43)41-23-27-47-53(55(41)57)51-37-15-7-5-13-33(37)21-25-45(51)61(47)49-29-36(32-60)50(30-35(49)31-59)62-46-26-22-34-14-6-8-16-38(34)52(46)54-48(62)28-24-42-40-18-10-12-20-44(40)58(3,4)56(42)54/h5-30H,1-4H3. The summed E-state index contributed by atoms with van der Waals surface area (Å²) in [4.78, 5) is 0. The summed E-state index contributed by atoms with van der Waals surface area (Å²) in [6.07, 6.45) is 0. The fourth-order valence-corrected chi connectivity index (χ4v) is 11.9. The Kier molecular flexibility index (Phi) is 6.69. The molecule has 290 valence electrons. The molecule has 2 aliphatic carbocycles. The van der Waals surface area contributed by atoms with E-state index in [1.807, 2.05) is 12.1 Å². The van der Waals surface area contributed by atoms with E-state index in [1.165, 1.54) is 66.1 Å². The molecule has 0 fully saturated rings. The molecule has 0 saturated heterocycles. The molecule has 0 spiro atoms. The number of benzene rings is 9. The Balaban J connectivity index is 1.14. The number of aromatic nitrogens is 2. The molecule has 0 radical (unpaired) electrons. The van der Waals surface area contributed by atoms with E-state index in [9.17, 15) is 10.5 Å². The first-order chi connectivity index (χ1) is 30.2. The van der Waals surface area contributed by atoms with E-state index >= 15 is 0 Å². The monoisotopic (exact) mass is 790 g/mol. The maximum Gasteiger partial charge on any atom is 0.101 e. The lowest BCUT2D eigenvalue weighted by atomic mass is 9.80. The summed E-state index contributed by atoms with van der Waals surface area (Å²) in [6.45, 7) is 9.33. The molecule has 0 saturated carbocycles. The molecule has 4 nitrogen and oxygen atoms in total. The van der Waals surface area contributed by atoms with Gasteiger partial charge >= 0.3 is 0 Å². The van der Waals surface area contributed by atoms with Gasteiger partial charge in [0.1, 0.15) is 12.1 Å². The summed E-state index contributed by atoms with van der Waals surface area (Å²) in [6, 6.07) is 61.6. The van der Waals surface area contributed by atoms with Crippen LogP contribution in [-0.2, 0) is 10.8 Å². The van der Waals surface area contributed by atoms with Crippen LogP contribution < -0.4 is 0 Å². The minimum Gasteiger partial charge on any atom is -0.308 e. The average molecular weight is 791 g/mol. The summed E-state index contributed by atoms with van der Waals surface area (Å²) >= 11 is 0. The molecule has 2 heterocycles. The summed E-state index contributed by atoms with van der Waals surface area (Å²) in [7, 11) is 0. The molecule has 0 bridgehead atoms. The highest BCUT2D eigenvalue weighted by Crippen LogP contribution is 2.56. The highest BCUT2D eigenvalue weighted by atomic mass is 15.0. The van der Waals surface area contributed by atoms with Crippen LogP contribution in [-0.4, -0.2) is 9.13 Å². The first kappa shape index (κ1) is 34.9. The molecule has 13 rings (SSSR count). The van der Waals surface area contributed by atoms with E-state index in [-0.39, 0.29) is 10.8 Å². The van der Waals surface area contributed by atoms with Gasteiger partial charge in [0.2, 0.25) is 0 Å². The first-order valence-corrected chi connectivity index (χ1v) is 21.4. The maximum atomic E-state index is 11.3. The zero-order valence-corrected chi connectivity index (χ0v) is 34.8. The lowest BCUT2D eigenvalue weighted by Gasteiger charge is -2.23. The zero-order valence-electron chi connectivity index (χ0n) is 34.8. The highest BCUT2D eigenvalue weighted by molar-refractivity contribution is 6.25. The van der Waals surface area contributed by atoms with Gasteiger partial charge in [0.15, 0.2) is 0 Å². The summed E-state index contributed by atoms with van der Waals surface area (Å²) in [5, 5.41) is 31.9. The molecule has 2 aromatic heterocycles. The molecular weight excluding hydrogens is 753 g/mol. The molecule has 4 heteroatoms. The third kappa shape index (κ3) is 4.19. The van der Waals surface area contributed by atoms with Gasteiger partial charge in [-0.25, -0.2) is 0 Å². The van der Waals surface area contributed by atoms with Crippen molar-refractivity contribution >= 4 is 65.2 Å². The van der Waals surface area contributed by atoms with Gasteiger partial charge in [-0.2, -0.15) is 10.5 Å². The van der Waals surface area contributed by atoms with E-state index in [4.69, 9.17) is 0 Å². The fraction of sp³-hybridized carbons (Fsp3) is 0.103. The SMILES string of the molecule is CC1(C)c2ccccc2-c2ccc3c(c21)c1c2ccccc2ccc1n3-c1cc(C#N)c(-n2c3ccc4c(c3c3c5ccccc5ccc32)C(C)(C)c2ccccc2-4)cc1C#N. The van der Waals surface area contributed by atoms with Crippen molar-refractivity contribution in [3.8, 4) is 45.8 Å². The van der Waals surface area contributed by atoms with Crippen LogP contribution in [0.2, 0.25) is 0 Å². The second-order valence-electron chi connectivity index (χ2n) is 18.2. The molecule has 0 amide bonds. The van der Waals surface area contributed by atoms with Gasteiger partial charge in [-0.3, -0.25) is 0 Å². The normalized spacial score (nSPS) is 14.4. The first-order valence-electron chi connectivity index (χ1n) is 21.4. The molecule has 0 N–H and O–H groups in total. The quantitative estimate of drug-likeness (QED) is 0.175. The third-order valence-electron chi connectivity index (χ3n) is 14.5. The van der Waals surface area contributed by atoms with Crippen LogP contribution in [0.15, 0.2) is 158 Å². The predicted molar refractivity (Wildman–Crippen MR) is 255 cm³/mol.